The average molecular weight is 446 g/mol. The van der Waals surface area contributed by atoms with Gasteiger partial charge in [0.2, 0.25) is 0 Å². The molecule has 2 aliphatic rings. The molecule has 0 spiro atoms. The van der Waals surface area contributed by atoms with Gasteiger partial charge in [-0.3, -0.25) is 9.59 Å². The number of carbonyl (C=O) groups excluding carboxylic acids is 2. The number of para-hydroxylation sites is 2. The maximum atomic E-state index is 10.8. The molecular formula is C20H18CuN2O2S2. The SMILES string of the molecule is CC(=O)C=C1Nc2ccccc2S1.CC(=O)C=C1Nc2ccccc2S1.[Cu]. The molecule has 0 amide bonds. The van der Waals surface area contributed by atoms with Crippen LogP contribution < -0.4 is 10.6 Å². The molecule has 1 radical (unpaired) electrons. The standard InChI is InChI=1S/2C10H9NOS.Cu/c2*1-7(12)6-10-11-8-4-2-3-5-9(8)13-10;/h2*2-6,11H,1H3;. The predicted octanol–water partition coefficient (Wildman–Crippen LogP) is 5.27. The van der Waals surface area contributed by atoms with E-state index in [4.69, 9.17) is 0 Å². The van der Waals surface area contributed by atoms with Crippen LogP contribution in [0.3, 0.4) is 0 Å². The van der Waals surface area contributed by atoms with Gasteiger partial charge in [0.1, 0.15) is 0 Å². The van der Waals surface area contributed by atoms with Gasteiger partial charge in [0.25, 0.3) is 0 Å². The first-order valence-electron chi connectivity index (χ1n) is 8.03. The number of anilines is 2. The van der Waals surface area contributed by atoms with Gasteiger partial charge >= 0.3 is 0 Å². The number of fused-ring (bicyclic) bond motifs is 2. The molecule has 0 bridgehead atoms. The molecule has 2 aromatic carbocycles. The van der Waals surface area contributed by atoms with Crippen LogP contribution in [0.25, 0.3) is 0 Å². The van der Waals surface area contributed by atoms with E-state index in [-0.39, 0.29) is 28.6 Å². The quantitative estimate of drug-likeness (QED) is 0.485. The van der Waals surface area contributed by atoms with Crippen molar-refractivity contribution in [3.05, 3.63) is 70.7 Å². The third-order valence-electron chi connectivity index (χ3n) is 3.40. The van der Waals surface area contributed by atoms with Gasteiger partial charge in [-0.05, 0) is 38.1 Å². The summed E-state index contributed by atoms with van der Waals surface area (Å²) in [5.74, 6) is 0.144. The largest absolute Gasteiger partial charge is 0.349 e. The Morgan fingerprint density at radius 3 is 1.44 bits per heavy atom. The molecule has 2 aliphatic heterocycles. The molecule has 143 valence electrons. The number of ketones is 2. The third kappa shape index (κ3) is 6.04. The van der Waals surface area contributed by atoms with Crippen LogP contribution in [-0.4, -0.2) is 11.6 Å². The summed E-state index contributed by atoms with van der Waals surface area (Å²) >= 11 is 3.19. The molecule has 0 aliphatic carbocycles. The number of benzene rings is 2. The molecule has 0 fully saturated rings. The Kier molecular flexibility index (Phi) is 7.80. The smallest absolute Gasteiger partial charge is 0.155 e. The molecule has 0 aromatic heterocycles. The molecule has 7 heteroatoms. The Morgan fingerprint density at radius 1 is 0.741 bits per heavy atom. The van der Waals surface area contributed by atoms with Crippen molar-refractivity contribution in [2.75, 3.05) is 10.6 Å². The average Bonchev–Trinajstić information content (AvgIpc) is 3.16. The zero-order valence-electron chi connectivity index (χ0n) is 14.7. The first-order valence-corrected chi connectivity index (χ1v) is 9.67. The molecule has 4 nitrogen and oxygen atoms in total. The van der Waals surface area contributed by atoms with E-state index in [1.165, 1.54) is 9.79 Å². The molecular weight excluding hydrogens is 428 g/mol. The summed E-state index contributed by atoms with van der Waals surface area (Å²) in [6.07, 6.45) is 3.23. The Bertz CT molecular complexity index is 796. The second-order valence-electron chi connectivity index (χ2n) is 5.68. The van der Waals surface area contributed by atoms with E-state index < -0.39 is 0 Å². The second kappa shape index (κ2) is 9.85. The van der Waals surface area contributed by atoms with Gasteiger partial charge in [-0.15, -0.1) is 0 Å². The van der Waals surface area contributed by atoms with E-state index >= 15 is 0 Å². The van der Waals surface area contributed by atoms with Crippen LogP contribution in [0.4, 0.5) is 11.4 Å². The first kappa shape index (κ1) is 21.4. The zero-order chi connectivity index (χ0) is 18.5. The topological polar surface area (TPSA) is 58.2 Å². The fraction of sp³-hybridized carbons (Fsp3) is 0.100. The van der Waals surface area contributed by atoms with E-state index in [2.05, 4.69) is 10.6 Å². The molecule has 4 rings (SSSR count). The number of allylic oxidation sites excluding steroid dienone is 2. The summed E-state index contributed by atoms with van der Waals surface area (Å²) in [4.78, 5) is 24.0. The van der Waals surface area contributed by atoms with Crippen molar-refractivity contribution >= 4 is 46.5 Å². The van der Waals surface area contributed by atoms with Gasteiger partial charge in [-0.1, -0.05) is 47.8 Å². The van der Waals surface area contributed by atoms with E-state index in [1.54, 1.807) is 49.5 Å². The van der Waals surface area contributed by atoms with E-state index in [9.17, 15) is 9.59 Å². The predicted molar refractivity (Wildman–Crippen MR) is 109 cm³/mol. The van der Waals surface area contributed by atoms with Crippen LogP contribution in [0.5, 0.6) is 0 Å². The Morgan fingerprint density at radius 2 is 1.11 bits per heavy atom. The van der Waals surface area contributed by atoms with Crippen LogP contribution in [0.1, 0.15) is 13.8 Å². The third-order valence-corrected chi connectivity index (χ3v) is 5.43. The minimum Gasteiger partial charge on any atom is -0.349 e. The van der Waals surface area contributed by atoms with Crippen molar-refractivity contribution in [3.63, 3.8) is 0 Å². The minimum atomic E-state index is 0. The molecule has 0 saturated carbocycles. The van der Waals surface area contributed by atoms with Crippen molar-refractivity contribution in [2.45, 2.75) is 23.6 Å². The molecule has 27 heavy (non-hydrogen) atoms. The monoisotopic (exact) mass is 445 g/mol. The number of hydrogen-bond acceptors (Lipinski definition) is 6. The van der Waals surface area contributed by atoms with Gasteiger partial charge < -0.3 is 10.6 Å². The Labute approximate surface area is 177 Å². The molecule has 0 atom stereocenters. The fourth-order valence-corrected chi connectivity index (χ4v) is 4.37. The first-order chi connectivity index (χ1) is 12.5. The van der Waals surface area contributed by atoms with Crippen molar-refractivity contribution < 1.29 is 26.7 Å². The molecule has 0 saturated heterocycles. The number of carbonyl (C=O) groups is 2. The van der Waals surface area contributed by atoms with Gasteiger partial charge in [-0.2, -0.15) is 0 Å². The van der Waals surface area contributed by atoms with Crippen molar-refractivity contribution in [1.82, 2.24) is 0 Å². The van der Waals surface area contributed by atoms with E-state index in [0.717, 1.165) is 21.4 Å². The van der Waals surface area contributed by atoms with Gasteiger partial charge in [0, 0.05) is 39.0 Å². The maximum absolute atomic E-state index is 10.8. The van der Waals surface area contributed by atoms with Crippen molar-refractivity contribution in [1.29, 1.82) is 0 Å². The normalized spacial score (nSPS) is 16.2. The van der Waals surface area contributed by atoms with Crippen LogP contribution in [0.2, 0.25) is 0 Å². The fourth-order valence-electron chi connectivity index (χ4n) is 2.37. The molecule has 2 N–H and O–H groups in total. The number of hydrogen-bond donors (Lipinski definition) is 2. The summed E-state index contributed by atoms with van der Waals surface area (Å²) in [7, 11) is 0. The summed E-state index contributed by atoms with van der Waals surface area (Å²) in [6, 6.07) is 16.0. The zero-order valence-corrected chi connectivity index (χ0v) is 17.3. The summed E-state index contributed by atoms with van der Waals surface area (Å²) < 4.78 is 0. The Balaban J connectivity index is 0.000000187. The summed E-state index contributed by atoms with van der Waals surface area (Å²) in [6.45, 7) is 3.11. The summed E-state index contributed by atoms with van der Waals surface area (Å²) in [5, 5.41) is 8.16. The van der Waals surface area contributed by atoms with Gasteiger partial charge in [0.15, 0.2) is 11.6 Å². The number of nitrogens with one attached hydrogen (secondary N) is 2. The number of rotatable bonds is 2. The maximum Gasteiger partial charge on any atom is 0.155 e. The molecule has 0 unspecified atom stereocenters. The van der Waals surface area contributed by atoms with E-state index in [0.29, 0.717) is 0 Å². The van der Waals surface area contributed by atoms with Crippen molar-refractivity contribution in [3.8, 4) is 0 Å². The van der Waals surface area contributed by atoms with E-state index in [1.807, 2.05) is 48.5 Å². The second-order valence-corrected chi connectivity index (χ2v) is 7.85. The van der Waals surface area contributed by atoms with Gasteiger partial charge in [0.05, 0.1) is 21.4 Å². The van der Waals surface area contributed by atoms with Crippen LogP contribution in [-0.2, 0) is 26.7 Å². The van der Waals surface area contributed by atoms with Crippen LogP contribution in [0, 0.1) is 0 Å². The Hall–Kier alpha value is -1.92. The molecule has 2 aromatic rings. The van der Waals surface area contributed by atoms with Gasteiger partial charge in [-0.25, -0.2) is 0 Å². The van der Waals surface area contributed by atoms with Crippen LogP contribution >= 0.6 is 23.5 Å². The minimum absolute atomic E-state index is 0. The summed E-state index contributed by atoms with van der Waals surface area (Å²) in [5.41, 5.74) is 2.17. The number of thioether (sulfide) groups is 2. The van der Waals surface area contributed by atoms with Crippen LogP contribution in [0.15, 0.2) is 80.5 Å². The molecule has 2 heterocycles. The van der Waals surface area contributed by atoms with Crippen molar-refractivity contribution in [2.24, 2.45) is 0 Å².